The third-order valence-electron chi connectivity index (χ3n) is 3.50. The number of nitrogens with zero attached hydrogens (tertiary/aromatic N) is 1. The maximum absolute atomic E-state index is 9.57. The summed E-state index contributed by atoms with van der Waals surface area (Å²) < 4.78 is 0. The molecule has 1 heterocycles. The second-order valence-electron chi connectivity index (χ2n) is 5.97. The average Bonchev–Trinajstić information content (AvgIpc) is 2.62. The molecule has 2 N–H and O–H groups in total. The Hall–Kier alpha value is -0.120. The predicted octanol–water partition coefficient (Wildman–Crippen LogP) is 1.32. The minimum Gasteiger partial charge on any atom is -0.393 e. The van der Waals surface area contributed by atoms with E-state index in [0.29, 0.717) is 11.3 Å². The summed E-state index contributed by atoms with van der Waals surface area (Å²) in [5, 5.41) is 13.0. The Bertz CT molecular complexity index is 204. The zero-order chi connectivity index (χ0) is 12.2. The number of aliphatic hydroxyl groups excluding tert-OH is 1. The summed E-state index contributed by atoms with van der Waals surface area (Å²) >= 11 is 0. The maximum atomic E-state index is 9.57. The van der Waals surface area contributed by atoms with E-state index >= 15 is 0 Å². The van der Waals surface area contributed by atoms with E-state index in [2.05, 4.69) is 31.0 Å². The molecule has 3 heteroatoms. The van der Waals surface area contributed by atoms with Crippen LogP contribution in [-0.2, 0) is 0 Å². The fourth-order valence-corrected chi connectivity index (χ4v) is 2.52. The number of rotatable bonds is 6. The largest absolute Gasteiger partial charge is 0.393 e. The second-order valence-corrected chi connectivity index (χ2v) is 5.97. The standard InChI is InChI=1S/C13H28N2O/c1-5-14-9-13(3,4)10-15-7-6-12(8-15)11(2)16/h11-12,14,16H,5-10H2,1-4H3. The van der Waals surface area contributed by atoms with Gasteiger partial charge in [0.15, 0.2) is 0 Å². The van der Waals surface area contributed by atoms with Crippen molar-refractivity contribution in [3.8, 4) is 0 Å². The lowest BCUT2D eigenvalue weighted by atomic mass is 9.92. The minimum absolute atomic E-state index is 0.151. The molecule has 2 atom stereocenters. The first-order valence-corrected chi connectivity index (χ1v) is 6.56. The van der Waals surface area contributed by atoms with Gasteiger partial charge in [0.05, 0.1) is 6.10 Å². The summed E-state index contributed by atoms with van der Waals surface area (Å²) in [6.45, 7) is 14.1. The Morgan fingerprint density at radius 1 is 1.50 bits per heavy atom. The van der Waals surface area contributed by atoms with Crippen molar-refractivity contribution in [3.05, 3.63) is 0 Å². The Labute approximate surface area is 100 Å². The molecular weight excluding hydrogens is 200 g/mol. The van der Waals surface area contributed by atoms with Crippen LogP contribution in [-0.4, -0.2) is 48.8 Å². The van der Waals surface area contributed by atoms with Crippen LogP contribution in [0.5, 0.6) is 0 Å². The third-order valence-corrected chi connectivity index (χ3v) is 3.50. The SMILES string of the molecule is CCNCC(C)(C)CN1CCC(C(C)O)C1. The lowest BCUT2D eigenvalue weighted by Crippen LogP contribution is -2.40. The number of nitrogens with one attached hydrogen (secondary N) is 1. The van der Waals surface area contributed by atoms with E-state index < -0.39 is 0 Å². The fraction of sp³-hybridized carbons (Fsp3) is 1.00. The van der Waals surface area contributed by atoms with Gasteiger partial charge in [0.1, 0.15) is 0 Å². The molecule has 3 nitrogen and oxygen atoms in total. The van der Waals surface area contributed by atoms with Crippen LogP contribution in [0.25, 0.3) is 0 Å². The number of aliphatic hydroxyl groups is 1. The van der Waals surface area contributed by atoms with E-state index in [4.69, 9.17) is 0 Å². The van der Waals surface area contributed by atoms with Crippen molar-refractivity contribution in [1.29, 1.82) is 0 Å². The average molecular weight is 228 g/mol. The van der Waals surface area contributed by atoms with Gasteiger partial charge >= 0.3 is 0 Å². The number of hydrogen-bond donors (Lipinski definition) is 2. The Balaban J connectivity index is 2.32. The summed E-state index contributed by atoms with van der Waals surface area (Å²) in [6, 6.07) is 0. The van der Waals surface area contributed by atoms with Gasteiger partial charge in [-0.3, -0.25) is 0 Å². The molecule has 0 aromatic carbocycles. The van der Waals surface area contributed by atoms with Gasteiger partial charge in [-0.15, -0.1) is 0 Å². The van der Waals surface area contributed by atoms with Crippen molar-refractivity contribution in [2.45, 2.75) is 40.2 Å². The lowest BCUT2D eigenvalue weighted by molar-refractivity contribution is 0.121. The Morgan fingerprint density at radius 3 is 2.69 bits per heavy atom. The molecule has 0 aromatic heterocycles. The van der Waals surface area contributed by atoms with Crippen LogP contribution in [0.3, 0.4) is 0 Å². The van der Waals surface area contributed by atoms with Crippen molar-refractivity contribution in [1.82, 2.24) is 10.2 Å². The Kier molecular flexibility index (Phi) is 5.22. The second kappa shape index (κ2) is 5.99. The third kappa shape index (κ3) is 4.40. The quantitative estimate of drug-likeness (QED) is 0.720. The summed E-state index contributed by atoms with van der Waals surface area (Å²) in [5.41, 5.74) is 0.323. The molecule has 1 saturated heterocycles. The molecule has 0 radical (unpaired) electrons. The number of likely N-dealkylation sites (tertiary alicyclic amines) is 1. The predicted molar refractivity (Wildman–Crippen MR) is 68.6 cm³/mol. The van der Waals surface area contributed by atoms with Gasteiger partial charge in [-0.05, 0) is 37.8 Å². The van der Waals surface area contributed by atoms with Crippen molar-refractivity contribution >= 4 is 0 Å². The molecule has 0 amide bonds. The summed E-state index contributed by atoms with van der Waals surface area (Å²) in [5.74, 6) is 0.481. The molecule has 1 aliphatic heterocycles. The minimum atomic E-state index is -0.151. The van der Waals surface area contributed by atoms with Gasteiger partial charge in [-0.25, -0.2) is 0 Å². The maximum Gasteiger partial charge on any atom is 0.0552 e. The Morgan fingerprint density at radius 2 is 2.19 bits per heavy atom. The normalized spacial score (nSPS) is 24.9. The topological polar surface area (TPSA) is 35.5 Å². The van der Waals surface area contributed by atoms with Gasteiger partial charge in [0.25, 0.3) is 0 Å². The van der Waals surface area contributed by atoms with Gasteiger partial charge < -0.3 is 15.3 Å². The van der Waals surface area contributed by atoms with E-state index in [1.165, 1.54) is 0 Å². The molecule has 2 unspecified atom stereocenters. The highest BCUT2D eigenvalue weighted by molar-refractivity contribution is 4.83. The molecule has 16 heavy (non-hydrogen) atoms. The van der Waals surface area contributed by atoms with Crippen LogP contribution >= 0.6 is 0 Å². The zero-order valence-electron chi connectivity index (χ0n) is 11.3. The van der Waals surface area contributed by atoms with Crippen LogP contribution in [0.1, 0.15) is 34.1 Å². The molecular formula is C13H28N2O. The van der Waals surface area contributed by atoms with Crippen molar-refractivity contribution in [3.63, 3.8) is 0 Å². The van der Waals surface area contributed by atoms with Gasteiger partial charge in [-0.2, -0.15) is 0 Å². The first-order chi connectivity index (χ1) is 7.44. The molecule has 96 valence electrons. The van der Waals surface area contributed by atoms with Crippen LogP contribution in [0.15, 0.2) is 0 Å². The van der Waals surface area contributed by atoms with Gasteiger partial charge in [0.2, 0.25) is 0 Å². The van der Waals surface area contributed by atoms with Crippen LogP contribution in [0, 0.1) is 11.3 Å². The summed E-state index contributed by atoms with van der Waals surface area (Å²) in [6.07, 6.45) is 0.997. The molecule has 0 aromatic rings. The summed E-state index contributed by atoms with van der Waals surface area (Å²) in [7, 11) is 0. The van der Waals surface area contributed by atoms with E-state index in [0.717, 1.165) is 39.1 Å². The van der Waals surface area contributed by atoms with Gasteiger partial charge in [-0.1, -0.05) is 20.8 Å². The summed E-state index contributed by atoms with van der Waals surface area (Å²) in [4.78, 5) is 2.49. The molecule has 0 bridgehead atoms. The molecule has 1 rings (SSSR count). The van der Waals surface area contributed by atoms with Crippen molar-refractivity contribution in [2.24, 2.45) is 11.3 Å². The van der Waals surface area contributed by atoms with Crippen LogP contribution in [0.2, 0.25) is 0 Å². The monoisotopic (exact) mass is 228 g/mol. The van der Waals surface area contributed by atoms with Crippen LogP contribution < -0.4 is 5.32 Å². The van der Waals surface area contributed by atoms with E-state index in [9.17, 15) is 5.11 Å². The molecule has 0 aliphatic carbocycles. The molecule has 0 saturated carbocycles. The molecule has 0 spiro atoms. The lowest BCUT2D eigenvalue weighted by Gasteiger charge is -2.30. The highest BCUT2D eigenvalue weighted by Gasteiger charge is 2.29. The van der Waals surface area contributed by atoms with Gasteiger partial charge in [0, 0.05) is 19.6 Å². The molecule has 1 fully saturated rings. The van der Waals surface area contributed by atoms with Crippen molar-refractivity contribution < 1.29 is 5.11 Å². The zero-order valence-corrected chi connectivity index (χ0v) is 11.3. The van der Waals surface area contributed by atoms with E-state index in [1.54, 1.807) is 0 Å². The fourth-order valence-electron chi connectivity index (χ4n) is 2.52. The highest BCUT2D eigenvalue weighted by Crippen LogP contribution is 2.24. The van der Waals surface area contributed by atoms with Crippen LogP contribution in [0.4, 0.5) is 0 Å². The highest BCUT2D eigenvalue weighted by atomic mass is 16.3. The van der Waals surface area contributed by atoms with E-state index in [1.807, 2.05) is 6.92 Å². The molecule has 1 aliphatic rings. The van der Waals surface area contributed by atoms with E-state index in [-0.39, 0.29) is 6.10 Å². The first-order valence-electron chi connectivity index (χ1n) is 6.56. The first kappa shape index (κ1) is 13.9. The smallest absolute Gasteiger partial charge is 0.0552 e. The number of hydrogen-bond acceptors (Lipinski definition) is 3. The van der Waals surface area contributed by atoms with Crippen molar-refractivity contribution in [2.75, 3.05) is 32.7 Å².